The first-order valence-electron chi connectivity index (χ1n) is 20.5. The highest BCUT2D eigenvalue weighted by atomic mass is 15.1. The van der Waals surface area contributed by atoms with E-state index in [4.69, 9.17) is 0 Å². The minimum Gasteiger partial charge on any atom is -0.343 e. The quantitative estimate of drug-likeness (QED) is 0.186. The fourth-order valence-electron chi connectivity index (χ4n) is 9.26. The van der Waals surface area contributed by atoms with Crippen LogP contribution in [0.5, 0.6) is 0 Å². The van der Waals surface area contributed by atoms with Crippen molar-refractivity contribution < 1.29 is 0 Å². The Kier molecular flexibility index (Phi) is 10.9. The molecule has 0 spiro atoms. The molecule has 0 saturated heterocycles. The van der Waals surface area contributed by atoms with Gasteiger partial charge in [0, 0.05) is 45.7 Å². The molecule has 0 saturated carbocycles. The molecule has 0 aliphatic heterocycles. The van der Waals surface area contributed by atoms with Crippen molar-refractivity contribution in [2.24, 2.45) is 5.41 Å². The van der Waals surface area contributed by atoms with Crippen molar-refractivity contribution in [2.45, 2.75) is 106 Å². The highest BCUT2D eigenvalue weighted by Crippen LogP contribution is 2.58. The summed E-state index contributed by atoms with van der Waals surface area (Å²) in [7, 11) is 2.24. The van der Waals surface area contributed by atoms with Crippen LogP contribution in [0.1, 0.15) is 118 Å². The van der Waals surface area contributed by atoms with Gasteiger partial charge in [0.2, 0.25) is 0 Å². The zero-order valence-corrected chi connectivity index (χ0v) is 35.0. The number of unbranched alkanes of at least 4 members (excludes halogenated alkanes) is 1. The summed E-state index contributed by atoms with van der Waals surface area (Å²) in [6, 6.07) is 33.4. The molecule has 1 nitrogen and oxygen atoms in total. The van der Waals surface area contributed by atoms with E-state index in [1.807, 2.05) is 27.7 Å². The van der Waals surface area contributed by atoms with Gasteiger partial charge in [-0.1, -0.05) is 180 Å². The lowest BCUT2D eigenvalue weighted by atomic mass is 9.80. The molecule has 54 heavy (non-hydrogen) atoms. The molecule has 0 heterocycles. The molecule has 0 amide bonds. The fourth-order valence-corrected chi connectivity index (χ4v) is 9.26. The maximum Gasteiger partial charge on any atom is 0.0649 e. The number of nitrogens with zero attached hydrogens (tertiary/aromatic N) is 1. The summed E-state index contributed by atoms with van der Waals surface area (Å²) in [5.41, 5.74) is 24.8. The van der Waals surface area contributed by atoms with Gasteiger partial charge in [0.15, 0.2) is 0 Å². The Labute approximate surface area is 327 Å². The van der Waals surface area contributed by atoms with Gasteiger partial charge in [-0.3, -0.25) is 0 Å². The predicted molar refractivity (Wildman–Crippen MR) is 235 cm³/mol. The second-order valence-corrected chi connectivity index (χ2v) is 16.1. The maximum absolute atomic E-state index is 3.87. The molecular formula is C53H61N. The third-order valence-electron chi connectivity index (χ3n) is 12.1. The van der Waals surface area contributed by atoms with E-state index in [9.17, 15) is 0 Å². The third kappa shape index (κ3) is 6.12. The van der Waals surface area contributed by atoms with Gasteiger partial charge in [-0.2, -0.15) is 0 Å². The van der Waals surface area contributed by atoms with Crippen molar-refractivity contribution in [3.8, 4) is 22.3 Å². The Morgan fingerprint density at radius 3 is 1.69 bits per heavy atom. The zero-order chi connectivity index (χ0) is 39.0. The largest absolute Gasteiger partial charge is 0.343 e. The van der Waals surface area contributed by atoms with Gasteiger partial charge in [0.05, 0.1) is 5.70 Å². The maximum atomic E-state index is 3.87. The first-order valence-corrected chi connectivity index (χ1v) is 20.5. The first kappa shape index (κ1) is 38.9. The summed E-state index contributed by atoms with van der Waals surface area (Å²) in [5, 5.41) is 0. The highest BCUT2D eigenvalue weighted by Gasteiger charge is 2.45. The monoisotopic (exact) mass is 711 g/mol. The minimum atomic E-state index is -0.00138. The van der Waals surface area contributed by atoms with Crippen LogP contribution in [0.2, 0.25) is 0 Å². The smallest absolute Gasteiger partial charge is 0.0649 e. The summed E-state index contributed by atoms with van der Waals surface area (Å²) >= 11 is 0. The Hall–Kier alpha value is -4.84. The Balaban J connectivity index is 0.000000217. The molecule has 278 valence electrons. The van der Waals surface area contributed by atoms with Crippen molar-refractivity contribution in [3.05, 3.63) is 177 Å². The van der Waals surface area contributed by atoms with Crippen LogP contribution in [-0.4, -0.2) is 7.05 Å². The van der Waals surface area contributed by atoms with E-state index in [-0.39, 0.29) is 16.2 Å². The van der Waals surface area contributed by atoms with Crippen LogP contribution in [0.15, 0.2) is 155 Å². The second kappa shape index (κ2) is 15.1. The number of anilines is 1. The summed E-state index contributed by atoms with van der Waals surface area (Å²) < 4.78 is 0. The van der Waals surface area contributed by atoms with Crippen molar-refractivity contribution in [2.75, 3.05) is 11.9 Å². The van der Waals surface area contributed by atoms with Crippen LogP contribution in [0.4, 0.5) is 5.69 Å². The summed E-state index contributed by atoms with van der Waals surface area (Å²) in [6.45, 7) is 24.3. The molecule has 0 radical (unpaired) electrons. The standard InChI is InChI=1S/C34H35N.C15H14.2C2H6/c1-7-8-9-13-22-20-30-31(26-15-12-17-28(26)34(30,4)5)32(22)35(6)23-18-19-25-24-14-10-11-16-27(24)33(2,3)29(25)21-23;1-15(2)13-9-5-3-7-11(13)12-8-4-6-10-14(12)15;2*1-2/h9-16,18-19,21H,7-8,17H2,1-6H3;3-10H,1-2H3;2*1-2H3/b13-9-;;;. The number of likely N-dealkylation sites (N-methyl/N-ethyl adjacent to an activating group) is 1. The molecule has 4 aromatic carbocycles. The Bertz CT molecular complexity index is 2220. The van der Waals surface area contributed by atoms with Crippen molar-refractivity contribution in [1.82, 2.24) is 0 Å². The molecule has 0 unspecified atom stereocenters. The van der Waals surface area contributed by atoms with Gasteiger partial charge in [-0.25, -0.2) is 0 Å². The van der Waals surface area contributed by atoms with Crippen LogP contribution < -0.4 is 4.90 Å². The lowest BCUT2D eigenvalue weighted by Crippen LogP contribution is -2.21. The van der Waals surface area contributed by atoms with Gasteiger partial charge >= 0.3 is 0 Å². The van der Waals surface area contributed by atoms with Crippen molar-refractivity contribution in [1.29, 1.82) is 0 Å². The van der Waals surface area contributed by atoms with Crippen LogP contribution >= 0.6 is 0 Å². The topological polar surface area (TPSA) is 3.24 Å². The SMILES string of the molecule is CC.CC.CC1(C)c2ccccc2-c2ccccc21.CCC/C=C\C1=C=C2C(=C1N(C)c1ccc3c(c1)C(C)(C)c1ccccc1-3)C1=C(CC=C1)C2(C)C. The number of hydrogen-bond donors (Lipinski definition) is 0. The normalized spacial score (nSPS) is 17.8. The zero-order valence-electron chi connectivity index (χ0n) is 35.0. The number of rotatable bonds is 5. The molecule has 0 N–H and O–H groups in total. The van der Waals surface area contributed by atoms with E-state index in [2.05, 4.69) is 181 Å². The van der Waals surface area contributed by atoms with Crippen LogP contribution in [0, 0.1) is 5.41 Å². The van der Waals surface area contributed by atoms with Crippen molar-refractivity contribution in [3.63, 3.8) is 0 Å². The van der Waals surface area contributed by atoms with Crippen LogP contribution in [-0.2, 0) is 10.8 Å². The lowest BCUT2D eigenvalue weighted by molar-refractivity contribution is 0.556. The van der Waals surface area contributed by atoms with Crippen molar-refractivity contribution >= 4 is 5.69 Å². The number of benzene rings is 4. The van der Waals surface area contributed by atoms with E-state index in [0.29, 0.717) is 0 Å². The number of fused-ring (bicyclic) bond motifs is 8. The van der Waals surface area contributed by atoms with Crippen LogP contribution in [0.3, 0.4) is 0 Å². The van der Waals surface area contributed by atoms with E-state index in [1.54, 1.807) is 5.57 Å². The minimum absolute atomic E-state index is 0.00138. The van der Waals surface area contributed by atoms with Gasteiger partial charge in [0.25, 0.3) is 0 Å². The molecule has 5 aliphatic carbocycles. The van der Waals surface area contributed by atoms with Gasteiger partial charge in [0.1, 0.15) is 0 Å². The Morgan fingerprint density at radius 2 is 1.15 bits per heavy atom. The van der Waals surface area contributed by atoms with E-state index in [0.717, 1.165) is 19.3 Å². The highest BCUT2D eigenvalue weighted by molar-refractivity contribution is 5.84. The second-order valence-electron chi connectivity index (χ2n) is 16.1. The molecule has 4 aromatic rings. The molecular weight excluding hydrogens is 651 g/mol. The molecule has 9 rings (SSSR count). The van der Waals surface area contributed by atoms with Crippen LogP contribution in [0.25, 0.3) is 22.3 Å². The van der Waals surface area contributed by atoms with Gasteiger partial charge in [-0.05, 0) is 86.7 Å². The molecule has 0 fully saturated rings. The average molecular weight is 712 g/mol. The predicted octanol–water partition coefficient (Wildman–Crippen LogP) is 14.8. The lowest BCUT2D eigenvalue weighted by Gasteiger charge is -2.27. The molecule has 0 aromatic heterocycles. The van der Waals surface area contributed by atoms with Gasteiger partial charge in [-0.15, -0.1) is 5.73 Å². The molecule has 0 atom stereocenters. The van der Waals surface area contributed by atoms with Gasteiger partial charge < -0.3 is 4.90 Å². The fraction of sp³-hybridized carbons (Fsp3) is 0.340. The third-order valence-corrected chi connectivity index (χ3v) is 12.1. The number of hydrogen-bond acceptors (Lipinski definition) is 1. The van der Waals surface area contributed by atoms with E-state index in [1.165, 1.54) is 78.2 Å². The summed E-state index contributed by atoms with van der Waals surface area (Å²) in [4.78, 5) is 2.42. The summed E-state index contributed by atoms with van der Waals surface area (Å²) in [6.07, 6.45) is 12.6. The van der Waals surface area contributed by atoms with E-state index >= 15 is 0 Å². The summed E-state index contributed by atoms with van der Waals surface area (Å²) in [5.74, 6) is 0. The molecule has 0 bridgehead atoms. The molecule has 1 heteroatoms. The number of allylic oxidation sites excluding steroid dienone is 7. The Morgan fingerprint density at radius 1 is 0.648 bits per heavy atom. The molecule has 5 aliphatic rings. The van der Waals surface area contributed by atoms with E-state index < -0.39 is 0 Å². The average Bonchev–Trinajstić information content (AvgIpc) is 3.98. The first-order chi connectivity index (χ1) is 26.0.